The van der Waals surface area contributed by atoms with Crippen molar-refractivity contribution in [2.24, 2.45) is 0 Å². The summed E-state index contributed by atoms with van der Waals surface area (Å²) in [5, 5.41) is 3.39. The molecule has 0 bridgehead atoms. The Morgan fingerprint density at radius 1 is 1.14 bits per heavy atom. The van der Waals surface area contributed by atoms with E-state index in [4.69, 9.17) is 32.4 Å². The number of amides is 1. The first-order valence-corrected chi connectivity index (χ1v) is 9.98. The summed E-state index contributed by atoms with van der Waals surface area (Å²) in [5.41, 5.74) is 0.0623. The maximum Gasteiger partial charge on any atom is 0.262 e. The Hall–Kier alpha value is -2.02. The Balaban J connectivity index is 1.55. The highest BCUT2D eigenvalue weighted by atomic mass is 35.5. The summed E-state index contributed by atoms with van der Waals surface area (Å²) in [7, 11) is 0. The van der Waals surface area contributed by atoms with E-state index < -0.39 is 5.91 Å². The summed E-state index contributed by atoms with van der Waals surface area (Å²) in [6, 6.07) is 6.16. The third-order valence-corrected chi connectivity index (χ3v) is 5.06. The SMILES string of the molecule is O=C(COc1coc(CN2CCCCCC2)cc1=O)Nc1cc(Cl)ccc1Cl. The van der Waals surface area contributed by atoms with Gasteiger partial charge in [0.1, 0.15) is 12.0 Å². The van der Waals surface area contributed by atoms with Crippen LogP contribution in [0.1, 0.15) is 31.4 Å². The van der Waals surface area contributed by atoms with E-state index in [9.17, 15) is 9.59 Å². The number of ether oxygens (including phenoxy) is 1. The van der Waals surface area contributed by atoms with E-state index >= 15 is 0 Å². The Bertz CT molecular complexity index is 877. The summed E-state index contributed by atoms with van der Waals surface area (Å²) >= 11 is 11.9. The molecule has 3 rings (SSSR count). The van der Waals surface area contributed by atoms with Crippen LogP contribution in [0.2, 0.25) is 10.0 Å². The predicted molar refractivity (Wildman–Crippen MR) is 109 cm³/mol. The molecule has 2 heterocycles. The maximum atomic E-state index is 12.2. The molecule has 8 heteroatoms. The summed E-state index contributed by atoms with van der Waals surface area (Å²) in [6.45, 7) is 2.27. The Morgan fingerprint density at radius 2 is 1.89 bits per heavy atom. The second-order valence-corrected chi connectivity index (χ2v) is 7.57. The van der Waals surface area contributed by atoms with Gasteiger partial charge < -0.3 is 14.5 Å². The Labute approximate surface area is 173 Å². The molecule has 150 valence electrons. The molecule has 28 heavy (non-hydrogen) atoms. The van der Waals surface area contributed by atoms with Crippen LogP contribution in [-0.2, 0) is 11.3 Å². The number of carbonyl (C=O) groups excluding carboxylic acids is 1. The highest BCUT2D eigenvalue weighted by Crippen LogP contribution is 2.25. The van der Waals surface area contributed by atoms with Crippen molar-refractivity contribution in [2.45, 2.75) is 32.2 Å². The van der Waals surface area contributed by atoms with Crippen LogP contribution in [0, 0.1) is 0 Å². The summed E-state index contributed by atoms with van der Waals surface area (Å²) in [5.74, 6) is 0.124. The van der Waals surface area contributed by atoms with Crippen LogP contribution in [0.3, 0.4) is 0 Å². The van der Waals surface area contributed by atoms with E-state index in [1.165, 1.54) is 31.2 Å². The minimum atomic E-state index is -0.461. The molecular weight excluding hydrogens is 403 g/mol. The second-order valence-electron chi connectivity index (χ2n) is 6.73. The fourth-order valence-corrected chi connectivity index (χ4v) is 3.40. The van der Waals surface area contributed by atoms with Gasteiger partial charge >= 0.3 is 0 Å². The standard InChI is InChI=1S/C20H22Cl2N2O4/c21-14-5-6-16(22)17(9-14)23-20(26)13-28-19-12-27-15(10-18(19)25)11-24-7-3-1-2-4-8-24/h5-6,9-10,12H,1-4,7-8,11,13H2,(H,23,26). The molecule has 1 aromatic carbocycles. The number of nitrogens with one attached hydrogen (secondary N) is 1. The second kappa shape index (κ2) is 9.96. The molecule has 0 saturated carbocycles. The normalized spacial score (nSPS) is 15.1. The maximum absolute atomic E-state index is 12.2. The van der Waals surface area contributed by atoms with Crippen molar-refractivity contribution in [3.63, 3.8) is 0 Å². The van der Waals surface area contributed by atoms with Crippen molar-refractivity contribution in [2.75, 3.05) is 25.0 Å². The topological polar surface area (TPSA) is 71.8 Å². The lowest BCUT2D eigenvalue weighted by Gasteiger charge is -2.18. The smallest absolute Gasteiger partial charge is 0.262 e. The van der Waals surface area contributed by atoms with Gasteiger partial charge in [-0.25, -0.2) is 0 Å². The highest BCUT2D eigenvalue weighted by Gasteiger charge is 2.13. The first kappa shape index (κ1) is 20.7. The fourth-order valence-electron chi connectivity index (χ4n) is 3.06. The van der Waals surface area contributed by atoms with Gasteiger partial charge in [-0.2, -0.15) is 0 Å². The van der Waals surface area contributed by atoms with Gasteiger partial charge in [-0.15, -0.1) is 0 Å². The summed E-state index contributed by atoms with van der Waals surface area (Å²) in [4.78, 5) is 26.6. The lowest BCUT2D eigenvalue weighted by atomic mass is 10.2. The van der Waals surface area contributed by atoms with Crippen molar-refractivity contribution in [3.8, 4) is 5.75 Å². The van der Waals surface area contributed by atoms with Crippen LogP contribution >= 0.6 is 23.2 Å². The first-order chi connectivity index (χ1) is 13.5. The Kier molecular flexibility index (Phi) is 7.36. The summed E-state index contributed by atoms with van der Waals surface area (Å²) < 4.78 is 10.8. The van der Waals surface area contributed by atoms with Crippen LogP contribution in [0.15, 0.2) is 39.7 Å². The van der Waals surface area contributed by atoms with Gasteiger partial charge in [0, 0.05) is 11.1 Å². The third kappa shape index (κ3) is 5.99. The number of hydrogen-bond acceptors (Lipinski definition) is 5. The van der Waals surface area contributed by atoms with E-state index in [2.05, 4.69) is 10.2 Å². The number of rotatable bonds is 6. The molecule has 0 atom stereocenters. The molecule has 0 spiro atoms. The minimum absolute atomic E-state index is 0.00745. The molecule has 0 unspecified atom stereocenters. The molecule has 1 aliphatic heterocycles. The van der Waals surface area contributed by atoms with E-state index in [-0.39, 0.29) is 17.8 Å². The van der Waals surface area contributed by atoms with Crippen LogP contribution < -0.4 is 15.5 Å². The molecule has 1 N–H and O–H groups in total. The molecule has 1 fully saturated rings. The lowest BCUT2D eigenvalue weighted by Crippen LogP contribution is -2.25. The van der Waals surface area contributed by atoms with Gasteiger partial charge in [0.2, 0.25) is 11.2 Å². The molecular formula is C20H22Cl2N2O4. The zero-order valence-electron chi connectivity index (χ0n) is 15.4. The van der Waals surface area contributed by atoms with E-state index in [0.29, 0.717) is 28.0 Å². The van der Waals surface area contributed by atoms with E-state index in [1.807, 2.05) is 0 Å². The van der Waals surface area contributed by atoms with E-state index in [0.717, 1.165) is 25.9 Å². The van der Waals surface area contributed by atoms with Crippen molar-refractivity contribution < 1.29 is 13.9 Å². The number of nitrogens with zero attached hydrogens (tertiary/aromatic N) is 1. The molecule has 6 nitrogen and oxygen atoms in total. The first-order valence-electron chi connectivity index (χ1n) is 9.23. The molecule has 0 radical (unpaired) electrons. The largest absolute Gasteiger partial charge is 0.477 e. The number of anilines is 1. The van der Waals surface area contributed by atoms with Gasteiger partial charge in [-0.3, -0.25) is 14.5 Å². The molecule has 1 aromatic heterocycles. The minimum Gasteiger partial charge on any atom is -0.477 e. The van der Waals surface area contributed by atoms with Crippen molar-refractivity contribution in [1.82, 2.24) is 4.90 Å². The monoisotopic (exact) mass is 424 g/mol. The van der Waals surface area contributed by atoms with Gasteiger partial charge in [0.15, 0.2) is 6.61 Å². The number of carbonyl (C=O) groups is 1. The van der Waals surface area contributed by atoms with Crippen LogP contribution in [-0.4, -0.2) is 30.5 Å². The zero-order chi connectivity index (χ0) is 19.9. The van der Waals surface area contributed by atoms with Gasteiger partial charge in [-0.05, 0) is 44.1 Å². The molecule has 1 amide bonds. The third-order valence-electron chi connectivity index (χ3n) is 4.49. The fraction of sp³-hybridized carbons (Fsp3) is 0.400. The quantitative estimate of drug-likeness (QED) is 0.746. The van der Waals surface area contributed by atoms with Crippen molar-refractivity contribution in [1.29, 1.82) is 0 Å². The van der Waals surface area contributed by atoms with Crippen LogP contribution in [0.4, 0.5) is 5.69 Å². The Morgan fingerprint density at radius 3 is 2.61 bits per heavy atom. The lowest BCUT2D eigenvalue weighted by molar-refractivity contribution is -0.118. The van der Waals surface area contributed by atoms with Crippen LogP contribution in [0.25, 0.3) is 0 Å². The number of halogens is 2. The van der Waals surface area contributed by atoms with Crippen molar-refractivity contribution in [3.05, 3.63) is 56.6 Å². The highest BCUT2D eigenvalue weighted by molar-refractivity contribution is 6.35. The number of benzene rings is 1. The zero-order valence-corrected chi connectivity index (χ0v) is 16.9. The molecule has 1 saturated heterocycles. The average molecular weight is 425 g/mol. The summed E-state index contributed by atoms with van der Waals surface area (Å²) in [6.07, 6.45) is 6.08. The van der Waals surface area contributed by atoms with Gasteiger partial charge in [-0.1, -0.05) is 36.0 Å². The predicted octanol–water partition coefficient (Wildman–Crippen LogP) is 4.34. The average Bonchev–Trinajstić information content (AvgIpc) is 2.93. The van der Waals surface area contributed by atoms with E-state index in [1.54, 1.807) is 12.1 Å². The number of hydrogen-bond donors (Lipinski definition) is 1. The van der Waals surface area contributed by atoms with Crippen LogP contribution in [0.5, 0.6) is 5.75 Å². The number of likely N-dealkylation sites (tertiary alicyclic amines) is 1. The van der Waals surface area contributed by atoms with Crippen molar-refractivity contribution >= 4 is 34.8 Å². The molecule has 2 aromatic rings. The molecule has 0 aliphatic carbocycles. The molecule has 1 aliphatic rings. The van der Waals surface area contributed by atoms with Gasteiger partial charge in [0.05, 0.1) is 17.3 Å². The van der Waals surface area contributed by atoms with Gasteiger partial charge in [0.25, 0.3) is 5.91 Å².